The lowest BCUT2D eigenvalue weighted by Crippen LogP contribution is -2.29. The van der Waals surface area contributed by atoms with E-state index in [1.165, 1.54) is 12.2 Å². The van der Waals surface area contributed by atoms with E-state index in [1.807, 2.05) is 23.9 Å². The molecule has 1 heterocycles. The molecule has 1 aromatic carbocycles. The van der Waals surface area contributed by atoms with Crippen LogP contribution in [0.25, 0.3) is 0 Å². The Labute approximate surface area is 117 Å². The van der Waals surface area contributed by atoms with Crippen LogP contribution in [0.2, 0.25) is 0 Å². The number of amides is 1. The van der Waals surface area contributed by atoms with Gasteiger partial charge in [0.1, 0.15) is 6.61 Å². The van der Waals surface area contributed by atoms with Crippen molar-refractivity contribution in [1.29, 1.82) is 0 Å². The van der Waals surface area contributed by atoms with Gasteiger partial charge in [0, 0.05) is 17.7 Å². The van der Waals surface area contributed by atoms with Crippen LogP contribution in [0.4, 0.5) is 0 Å². The maximum atomic E-state index is 12.0. The highest BCUT2D eigenvalue weighted by atomic mass is 32.2. The first-order valence-electron chi connectivity index (χ1n) is 6.35. The zero-order valence-corrected chi connectivity index (χ0v) is 11.5. The van der Waals surface area contributed by atoms with E-state index in [9.17, 15) is 4.79 Å². The minimum atomic E-state index is -0.171. The quantitative estimate of drug-likeness (QED) is 0.822. The van der Waals surface area contributed by atoms with Crippen molar-refractivity contribution < 1.29 is 9.90 Å². The summed E-state index contributed by atoms with van der Waals surface area (Å²) >= 11 is 1.95. The summed E-state index contributed by atoms with van der Waals surface area (Å²) in [6.07, 6.45) is 1.19. The average molecular weight is 275 g/mol. The molecule has 1 aromatic rings. The zero-order chi connectivity index (χ0) is 13.5. The molecule has 0 spiro atoms. The van der Waals surface area contributed by atoms with E-state index in [0.29, 0.717) is 11.5 Å². The van der Waals surface area contributed by atoms with Crippen molar-refractivity contribution in [2.75, 3.05) is 24.7 Å². The molecule has 1 aliphatic heterocycles. The van der Waals surface area contributed by atoms with Crippen LogP contribution < -0.4 is 5.32 Å². The van der Waals surface area contributed by atoms with Gasteiger partial charge in [-0.3, -0.25) is 4.79 Å². The molecule has 4 heteroatoms. The van der Waals surface area contributed by atoms with Gasteiger partial charge in [0.15, 0.2) is 0 Å². The van der Waals surface area contributed by atoms with E-state index in [1.54, 1.807) is 12.1 Å². The minimum Gasteiger partial charge on any atom is -0.384 e. The maximum Gasteiger partial charge on any atom is 0.251 e. The second-order valence-electron chi connectivity index (χ2n) is 4.48. The van der Waals surface area contributed by atoms with Crippen LogP contribution in [-0.2, 0) is 0 Å². The molecule has 0 radical (unpaired) electrons. The molecule has 100 valence electrons. The van der Waals surface area contributed by atoms with Crippen molar-refractivity contribution in [3.8, 4) is 11.8 Å². The predicted molar refractivity (Wildman–Crippen MR) is 78.2 cm³/mol. The molecule has 0 saturated carbocycles. The monoisotopic (exact) mass is 275 g/mol. The van der Waals surface area contributed by atoms with Gasteiger partial charge in [0.05, 0.1) is 0 Å². The summed E-state index contributed by atoms with van der Waals surface area (Å²) < 4.78 is 0. The number of rotatable bonds is 3. The highest BCUT2D eigenvalue weighted by Crippen LogP contribution is 2.22. The molecular weight excluding hydrogens is 258 g/mol. The van der Waals surface area contributed by atoms with Crippen molar-refractivity contribution in [3.05, 3.63) is 35.4 Å². The first-order chi connectivity index (χ1) is 9.29. The number of hydrogen-bond donors (Lipinski definition) is 2. The highest BCUT2D eigenvalue weighted by molar-refractivity contribution is 7.99. The molecule has 0 aliphatic carbocycles. The number of aliphatic hydroxyl groups is 1. The Hall–Kier alpha value is -1.44. The van der Waals surface area contributed by atoms with E-state index in [0.717, 1.165) is 17.9 Å². The molecule has 2 rings (SSSR count). The Morgan fingerprint density at radius 1 is 1.53 bits per heavy atom. The number of carbonyl (C=O) groups is 1. The van der Waals surface area contributed by atoms with Gasteiger partial charge in [0.25, 0.3) is 5.91 Å². The summed E-state index contributed by atoms with van der Waals surface area (Å²) in [4.78, 5) is 12.0. The van der Waals surface area contributed by atoms with E-state index in [-0.39, 0.29) is 12.5 Å². The third-order valence-electron chi connectivity index (χ3n) is 3.01. The van der Waals surface area contributed by atoms with Gasteiger partial charge in [-0.1, -0.05) is 17.9 Å². The molecule has 1 saturated heterocycles. The Balaban J connectivity index is 1.94. The van der Waals surface area contributed by atoms with Crippen LogP contribution in [-0.4, -0.2) is 35.7 Å². The molecule has 19 heavy (non-hydrogen) atoms. The fourth-order valence-electron chi connectivity index (χ4n) is 1.96. The van der Waals surface area contributed by atoms with Crippen molar-refractivity contribution in [2.24, 2.45) is 5.92 Å². The lowest BCUT2D eigenvalue weighted by molar-refractivity contribution is 0.0948. The molecule has 3 nitrogen and oxygen atoms in total. The lowest BCUT2D eigenvalue weighted by Gasteiger charge is -2.10. The number of benzene rings is 1. The van der Waals surface area contributed by atoms with E-state index >= 15 is 0 Å². The fourth-order valence-corrected chi connectivity index (χ4v) is 3.25. The molecule has 1 aliphatic rings. The first-order valence-corrected chi connectivity index (χ1v) is 7.51. The molecule has 1 fully saturated rings. The van der Waals surface area contributed by atoms with Gasteiger partial charge in [-0.05, 0) is 42.0 Å². The fraction of sp³-hybridized carbons (Fsp3) is 0.400. The van der Waals surface area contributed by atoms with Crippen LogP contribution >= 0.6 is 11.8 Å². The molecular formula is C15H17NO2S. The number of thioether (sulfide) groups is 1. The SMILES string of the molecule is O=C(NCC1CCSC1)c1cccc(C#CCO)c1. The maximum absolute atomic E-state index is 12.0. The molecule has 1 amide bonds. The van der Waals surface area contributed by atoms with Gasteiger partial charge in [-0.25, -0.2) is 0 Å². The summed E-state index contributed by atoms with van der Waals surface area (Å²) in [5.41, 5.74) is 1.37. The van der Waals surface area contributed by atoms with E-state index in [2.05, 4.69) is 17.2 Å². The van der Waals surface area contributed by atoms with Crippen molar-refractivity contribution in [3.63, 3.8) is 0 Å². The zero-order valence-electron chi connectivity index (χ0n) is 10.7. The Bertz CT molecular complexity index is 498. The van der Waals surface area contributed by atoms with Gasteiger partial charge < -0.3 is 10.4 Å². The molecule has 2 N–H and O–H groups in total. The summed E-state index contributed by atoms with van der Waals surface area (Å²) in [5, 5.41) is 11.6. The molecule has 1 atom stereocenters. The third kappa shape index (κ3) is 4.30. The Morgan fingerprint density at radius 3 is 3.16 bits per heavy atom. The smallest absolute Gasteiger partial charge is 0.251 e. The van der Waals surface area contributed by atoms with Crippen molar-refractivity contribution in [1.82, 2.24) is 5.32 Å². The summed E-state index contributed by atoms with van der Waals surface area (Å²) in [7, 11) is 0. The molecule has 0 aromatic heterocycles. The lowest BCUT2D eigenvalue weighted by atomic mass is 10.1. The molecule has 1 unspecified atom stereocenters. The topological polar surface area (TPSA) is 49.3 Å². The van der Waals surface area contributed by atoms with Crippen LogP contribution in [0.5, 0.6) is 0 Å². The highest BCUT2D eigenvalue weighted by Gasteiger charge is 2.16. The third-order valence-corrected chi connectivity index (χ3v) is 4.24. The average Bonchev–Trinajstić information content (AvgIpc) is 2.96. The Kier molecular flexibility index (Phi) is 5.31. The summed E-state index contributed by atoms with van der Waals surface area (Å²) in [6, 6.07) is 7.17. The number of hydrogen-bond acceptors (Lipinski definition) is 3. The first kappa shape index (κ1) is 14.0. The predicted octanol–water partition coefficient (Wildman–Crippen LogP) is 1.51. The van der Waals surface area contributed by atoms with Crippen LogP contribution in [0.15, 0.2) is 24.3 Å². The second-order valence-corrected chi connectivity index (χ2v) is 5.63. The minimum absolute atomic E-state index is 0.0513. The summed E-state index contributed by atoms with van der Waals surface area (Å²) in [6.45, 7) is 0.578. The number of nitrogens with one attached hydrogen (secondary N) is 1. The number of carbonyl (C=O) groups excluding carboxylic acids is 1. The standard InChI is InChI=1S/C15H17NO2S/c17-7-2-4-12-3-1-5-14(9-12)15(18)16-10-13-6-8-19-11-13/h1,3,5,9,13,17H,6-8,10-11H2,(H,16,18). The Morgan fingerprint density at radius 2 is 2.42 bits per heavy atom. The van der Waals surface area contributed by atoms with Crippen LogP contribution in [0.1, 0.15) is 22.3 Å². The second kappa shape index (κ2) is 7.22. The van der Waals surface area contributed by atoms with E-state index < -0.39 is 0 Å². The molecule has 0 bridgehead atoms. The summed E-state index contributed by atoms with van der Waals surface area (Å²) in [5.74, 6) is 8.28. The number of aliphatic hydroxyl groups excluding tert-OH is 1. The van der Waals surface area contributed by atoms with Gasteiger partial charge in [-0.15, -0.1) is 0 Å². The van der Waals surface area contributed by atoms with Gasteiger partial charge in [-0.2, -0.15) is 11.8 Å². The van der Waals surface area contributed by atoms with Crippen LogP contribution in [0.3, 0.4) is 0 Å². The normalized spacial score (nSPS) is 17.6. The van der Waals surface area contributed by atoms with Gasteiger partial charge >= 0.3 is 0 Å². The van der Waals surface area contributed by atoms with Crippen molar-refractivity contribution >= 4 is 17.7 Å². The van der Waals surface area contributed by atoms with Crippen LogP contribution in [0, 0.1) is 17.8 Å². The van der Waals surface area contributed by atoms with Gasteiger partial charge in [0.2, 0.25) is 0 Å². The van der Waals surface area contributed by atoms with E-state index in [4.69, 9.17) is 5.11 Å². The van der Waals surface area contributed by atoms with Crippen molar-refractivity contribution in [2.45, 2.75) is 6.42 Å². The largest absolute Gasteiger partial charge is 0.384 e.